The fourth-order valence-electron chi connectivity index (χ4n) is 2.86. The Morgan fingerprint density at radius 3 is 2.23 bits per heavy atom. The minimum absolute atomic E-state index is 0.289. The van der Waals surface area contributed by atoms with Crippen molar-refractivity contribution in [1.29, 1.82) is 0 Å². The fourth-order valence-corrected chi connectivity index (χ4v) is 2.86. The van der Waals surface area contributed by atoms with E-state index in [1.165, 1.54) is 0 Å². The first-order valence-electron chi connectivity index (χ1n) is 10.5. The largest absolute Gasteiger partial charge is 0.500 e. The van der Waals surface area contributed by atoms with Gasteiger partial charge in [0, 0.05) is 11.5 Å². The minimum Gasteiger partial charge on any atom is -0.473 e. The lowest BCUT2D eigenvalue weighted by Crippen LogP contribution is -2.41. The van der Waals surface area contributed by atoms with Crippen LogP contribution >= 0.6 is 0 Å². The molecule has 1 aliphatic rings. The van der Waals surface area contributed by atoms with Crippen LogP contribution in [0, 0.1) is 0 Å². The highest BCUT2D eigenvalue weighted by Crippen LogP contribution is 2.37. The zero-order valence-corrected chi connectivity index (χ0v) is 19.6. The Balaban J connectivity index is 2.32. The molecule has 5 nitrogen and oxygen atoms in total. The molecule has 166 valence electrons. The van der Waals surface area contributed by atoms with Crippen molar-refractivity contribution in [2.75, 3.05) is 13.2 Å². The summed E-state index contributed by atoms with van der Waals surface area (Å²) in [4.78, 5) is 4.60. The Bertz CT molecular complexity index is 868. The van der Waals surface area contributed by atoms with Crippen LogP contribution in [0.15, 0.2) is 72.9 Å². The van der Waals surface area contributed by atoms with Crippen LogP contribution < -0.4 is 14.9 Å². The van der Waals surface area contributed by atoms with Crippen molar-refractivity contribution in [1.82, 2.24) is 4.98 Å². The van der Waals surface area contributed by atoms with E-state index in [9.17, 15) is 0 Å². The van der Waals surface area contributed by atoms with E-state index in [-0.39, 0.29) is 6.61 Å². The summed E-state index contributed by atoms with van der Waals surface area (Å²) < 4.78 is 24.3. The van der Waals surface area contributed by atoms with Crippen molar-refractivity contribution in [2.45, 2.75) is 52.7 Å². The van der Waals surface area contributed by atoms with Crippen molar-refractivity contribution in [3.05, 3.63) is 72.9 Å². The maximum absolute atomic E-state index is 6.21. The molecular formula is C25H34BNO4. The molecule has 1 aliphatic heterocycles. The van der Waals surface area contributed by atoms with Gasteiger partial charge in [0.15, 0.2) is 0 Å². The Labute approximate surface area is 187 Å². The molecule has 1 aromatic heterocycles. The first kappa shape index (κ1) is 24.7. The van der Waals surface area contributed by atoms with Gasteiger partial charge >= 0.3 is 7.12 Å². The Morgan fingerprint density at radius 1 is 1.03 bits per heavy atom. The number of hydrogen-bond donors (Lipinski definition) is 0. The lowest BCUT2D eigenvalue weighted by atomic mass is 9.79. The second kappa shape index (κ2) is 10.6. The molecular weight excluding hydrogens is 389 g/mol. The molecule has 2 rings (SSSR count). The summed E-state index contributed by atoms with van der Waals surface area (Å²) in [5.41, 5.74) is 1.73. The van der Waals surface area contributed by atoms with E-state index in [0.29, 0.717) is 23.8 Å². The Hall–Kier alpha value is -2.57. The standard InChI is InChI=1S/C25H34BNO4/c1-9-13-19(11-3)17-28-22-16-15-21(26-30-24(5,6)25(7,8)31-26)23(27-22)29-18-20(12-4)14-10-2/h9-16H,2,4,17-18H2,1,3,5-8H3/b13-9-,19-11+,20-14+. The normalized spacial score (nSPS) is 18.3. The van der Waals surface area contributed by atoms with Gasteiger partial charge in [-0.25, -0.2) is 0 Å². The molecule has 0 bridgehead atoms. The van der Waals surface area contributed by atoms with Crippen LogP contribution in [0.3, 0.4) is 0 Å². The summed E-state index contributed by atoms with van der Waals surface area (Å²) in [5, 5.41) is 0. The maximum Gasteiger partial charge on any atom is 0.500 e. The van der Waals surface area contributed by atoms with Crippen molar-refractivity contribution in [3.63, 3.8) is 0 Å². The van der Waals surface area contributed by atoms with Crippen LogP contribution in [0.4, 0.5) is 0 Å². The first-order chi connectivity index (χ1) is 14.7. The average molecular weight is 423 g/mol. The van der Waals surface area contributed by atoms with Gasteiger partial charge in [0.2, 0.25) is 11.8 Å². The highest BCUT2D eigenvalue weighted by atomic mass is 16.7. The van der Waals surface area contributed by atoms with Gasteiger partial charge in [0.25, 0.3) is 0 Å². The van der Waals surface area contributed by atoms with Crippen LogP contribution in [0.1, 0.15) is 41.5 Å². The van der Waals surface area contributed by atoms with E-state index >= 15 is 0 Å². The molecule has 0 N–H and O–H groups in total. The molecule has 0 spiro atoms. The first-order valence-corrected chi connectivity index (χ1v) is 10.5. The number of allylic oxidation sites excluding steroid dienone is 4. The molecule has 0 aromatic carbocycles. The van der Waals surface area contributed by atoms with Gasteiger partial charge in [0.05, 0.1) is 11.2 Å². The van der Waals surface area contributed by atoms with Gasteiger partial charge in [-0.15, -0.1) is 0 Å². The van der Waals surface area contributed by atoms with Crippen molar-refractivity contribution in [3.8, 4) is 11.8 Å². The van der Waals surface area contributed by atoms with E-state index in [1.54, 1.807) is 12.2 Å². The molecule has 0 saturated carbocycles. The maximum atomic E-state index is 6.21. The summed E-state index contributed by atoms with van der Waals surface area (Å²) in [5.74, 6) is 0.868. The molecule has 1 saturated heterocycles. The number of hydrogen-bond acceptors (Lipinski definition) is 5. The fraction of sp³-hybridized carbons (Fsp3) is 0.400. The minimum atomic E-state index is -0.591. The van der Waals surface area contributed by atoms with Crippen molar-refractivity contribution < 1.29 is 18.8 Å². The second-order valence-corrected chi connectivity index (χ2v) is 8.25. The summed E-state index contributed by atoms with van der Waals surface area (Å²) in [6.45, 7) is 20.3. The second-order valence-electron chi connectivity index (χ2n) is 8.25. The van der Waals surface area contributed by atoms with Crippen molar-refractivity contribution >= 4 is 12.6 Å². The molecule has 6 heteroatoms. The zero-order valence-electron chi connectivity index (χ0n) is 19.6. The van der Waals surface area contributed by atoms with Gasteiger partial charge in [-0.1, -0.05) is 55.7 Å². The summed E-state index contributed by atoms with van der Waals surface area (Å²) in [6, 6.07) is 3.69. The molecule has 0 radical (unpaired) electrons. The highest BCUT2D eigenvalue weighted by Gasteiger charge is 2.52. The number of ether oxygens (including phenoxy) is 2. The van der Waals surface area contributed by atoms with E-state index < -0.39 is 18.3 Å². The van der Waals surface area contributed by atoms with Crippen LogP contribution in [-0.2, 0) is 9.31 Å². The van der Waals surface area contributed by atoms with Crippen LogP contribution in [0.2, 0.25) is 0 Å². The molecule has 0 unspecified atom stereocenters. The van der Waals surface area contributed by atoms with Crippen LogP contribution in [-0.4, -0.2) is 36.5 Å². The summed E-state index contributed by atoms with van der Waals surface area (Å²) >= 11 is 0. The number of nitrogens with zero attached hydrogens (tertiary/aromatic N) is 1. The monoisotopic (exact) mass is 423 g/mol. The number of rotatable bonds is 10. The predicted molar refractivity (Wildman–Crippen MR) is 128 cm³/mol. The quantitative estimate of drug-likeness (QED) is 0.393. The summed E-state index contributed by atoms with van der Waals surface area (Å²) in [6.07, 6.45) is 11.3. The molecule has 0 aliphatic carbocycles. The van der Waals surface area contributed by atoms with E-state index in [1.807, 2.05) is 78.0 Å². The number of pyridine rings is 1. The third kappa shape index (κ3) is 6.22. The van der Waals surface area contributed by atoms with Gasteiger partial charge < -0.3 is 18.8 Å². The van der Waals surface area contributed by atoms with E-state index in [4.69, 9.17) is 18.8 Å². The molecule has 1 aromatic rings. The third-order valence-corrected chi connectivity index (χ3v) is 5.48. The van der Waals surface area contributed by atoms with E-state index in [2.05, 4.69) is 18.1 Å². The lowest BCUT2D eigenvalue weighted by Gasteiger charge is -2.32. The van der Waals surface area contributed by atoms with Gasteiger partial charge in [-0.3, -0.25) is 0 Å². The predicted octanol–water partition coefficient (Wildman–Crippen LogP) is 4.96. The van der Waals surface area contributed by atoms with Crippen LogP contribution in [0.5, 0.6) is 11.8 Å². The Morgan fingerprint density at radius 2 is 1.68 bits per heavy atom. The molecule has 0 atom stereocenters. The number of aromatic nitrogens is 1. The molecule has 0 amide bonds. The van der Waals surface area contributed by atoms with Gasteiger partial charge in [-0.2, -0.15) is 4.98 Å². The SMILES string of the molecule is C=C/C=C(\C=C)COc1nc(OCC(/C=C\C)=C/C)ccc1B1OC(C)(C)C(C)(C)O1. The molecule has 31 heavy (non-hydrogen) atoms. The smallest absolute Gasteiger partial charge is 0.473 e. The van der Waals surface area contributed by atoms with Gasteiger partial charge in [-0.05, 0) is 52.7 Å². The molecule has 2 heterocycles. The topological polar surface area (TPSA) is 49.8 Å². The van der Waals surface area contributed by atoms with Gasteiger partial charge in [0.1, 0.15) is 13.2 Å². The lowest BCUT2D eigenvalue weighted by molar-refractivity contribution is 0.00578. The van der Waals surface area contributed by atoms with E-state index in [0.717, 1.165) is 11.1 Å². The average Bonchev–Trinajstić information content (AvgIpc) is 2.95. The van der Waals surface area contributed by atoms with Crippen molar-refractivity contribution in [2.24, 2.45) is 0 Å². The Kier molecular flexibility index (Phi) is 8.48. The van der Waals surface area contributed by atoms with Crippen LogP contribution in [0.25, 0.3) is 0 Å². The zero-order chi connectivity index (χ0) is 23.1. The molecule has 1 fully saturated rings. The third-order valence-electron chi connectivity index (χ3n) is 5.48. The summed E-state index contributed by atoms with van der Waals surface area (Å²) in [7, 11) is -0.591. The highest BCUT2D eigenvalue weighted by molar-refractivity contribution is 6.63.